The average Bonchev–Trinajstić information content (AvgIpc) is 1.71. The molecule has 1 unspecified atom stereocenters. The minimum absolute atomic E-state index is 0.0243. The van der Waals surface area contributed by atoms with E-state index < -0.39 is 0 Å². The third-order valence-electron chi connectivity index (χ3n) is 22.9. The number of nitrogens with one attached hydrogen (secondary N) is 1. The van der Waals surface area contributed by atoms with E-state index in [0.29, 0.717) is 22.0 Å². The van der Waals surface area contributed by atoms with Crippen molar-refractivity contribution in [3.63, 3.8) is 0 Å². The molecule has 1 aromatic carbocycles. The summed E-state index contributed by atoms with van der Waals surface area (Å²) in [4.78, 5) is 44.5. The Morgan fingerprint density at radius 3 is 0.858 bits per heavy atom. The smallest absolute Gasteiger partial charge is 0.298 e. The molecule has 0 radical (unpaired) electrons. The maximum Gasteiger partial charge on any atom is 0.299 e. The van der Waals surface area contributed by atoms with Gasteiger partial charge in [0.05, 0.1) is 33.3 Å². The first-order valence-electron chi connectivity index (χ1n) is 49.9. The van der Waals surface area contributed by atoms with Gasteiger partial charge in [-0.2, -0.15) is 19.3 Å². The van der Waals surface area contributed by atoms with Gasteiger partial charge in [-0.1, -0.05) is 315 Å². The van der Waals surface area contributed by atoms with Gasteiger partial charge >= 0.3 is 0 Å². The van der Waals surface area contributed by atoms with Crippen LogP contribution >= 0.6 is 22.9 Å². The molecule has 20 heteroatoms. The molecule has 2 aliphatic heterocycles. The normalized spacial score (nSPS) is 15.5. The van der Waals surface area contributed by atoms with Gasteiger partial charge < -0.3 is 0 Å². The van der Waals surface area contributed by atoms with Gasteiger partial charge in [0.1, 0.15) is 29.3 Å². The predicted octanol–water partition coefficient (Wildman–Crippen LogP) is 29.7. The molecular weight excluding hydrogens is 1690 g/mol. The lowest BCUT2D eigenvalue weighted by Crippen LogP contribution is -2.57. The molecule has 1 N–H and O–H groups in total. The van der Waals surface area contributed by atoms with Crippen LogP contribution in [0.4, 0.5) is 0 Å². The topological polar surface area (TPSA) is 181 Å². The molecule has 7 aromatic heterocycles. The van der Waals surface area contributed by atoms with Crippen LogP contribution in [0.1, 0.15) is 494 Å². The van der Waals surface area contributed by atoms with Crippen LogP contribution in [0.25, 0.3) is 0 Å². The molecular formula is C114H209N18S2+. The number of benzene rings is 1. The zero-order chi connectivity index (χ0) is 106. The van der Waals surface area contributed by atoms with Crippen molar-refractivity contribution >= 4 is 22.9 Å². The summed E-state index contributed by atoms with van der Waals surface area (Å²) in [6, 6.07) is 11.1. The van der Waals surface area contributed by atoms with E-state index in [2.05, 4.69) is 531 Å². The molecule has 0 aliphatic carbocycles. The minimum atomic E-state index is 0.0243. The van der Waals surface area contributed by atoms with E-state index in [0.717, 1.165) is 40.7 Å². The van der Waals surface area contributed by atoms with Crippen LogP contribution in [0.2, 0.25) is 0 Å². The minimum Gasteiger partial charge on any atom is -0.298 e. The molecule has 0 spiro atoms. The molecule has 0 saturated carbocycles. The van der Waals surface area contributed by atoms with Gasteiger partial charge in [-0.15, -0.1) is 11.3 Å². The molecule has 766 valence electrons. The fourth-order valence-electron chi connectivity index (χ4n) is 12.6. The molecule has 8 aromatic rings. The van der Waals surface area contributed by atoms with E-state index in [1.807, 2.05) is 58.0 Å². The Hall–Kier alpha value is -6.06. The largest absolute Gasteiger partial charge is 0.299 e. The Balaban J connectivity index is 0.000000745. The zero-order valence-corrected chi connectivity index (χ0v) is 100. The lowest BCUT2D eigenvalue weighted by Gasteiger charge is -2.46. The van der Waals surface area contributed by atoms with E-state index in [4.69, 9.17) is 0 Å². The summed E-state index contributed by atoms with van der Waals surface area (Å²) in [7, 11) is 0. The van der Waals surface area contributed by atoms with E-state index in [9.17, 15) is 0 Å². The van der Waals surface area contributed by atoms with Crippen LogP contribution in [0.5, 0.6) is 0 Å². The summed E-state index contributed by atoms with van der Waals surface area (Å²) >= 11 is 3.59. The number of hydrogen-bond acceptors (Lipinski definition) is 16. The standard InChI is InChI=1S/C14H22.C12H26N2.2C12H20N2.C12H25N.C11H20N2.C11H19NS.2C10H19N3.C10H19N2S/c1-13(2,3)11-7-9-12(10-8-11)14(4,5)6;1-11(2,3)13-7-9-14(10-8-13)12(4,5)6;2*1-11(2,3)9-7-13-10(14-8-9)12(4,5)6;1-11(2,3)10-7-8-13(9-10)12(4,5)6;1-10(2,3)9-7-8-13(12-9)11(4,5)6;1-10(2,3)8-7-12-9(13-8)11(4,5)6;1-9(2,3)8-11-7-13(12-8)10(4,5)6;1-9(2,3)7-11-8(13-12-7)10(4,5)6;1-9(2,3)8-11-7-12(13-8)10(4,5)6/h7-10H,1-6H3;7-10H2,1-6H3;2*7-8H,1-6H3;10H,7-9H2,1-6H3;7-8H,1-6H3;2*7H,1-6H3;1-6H3,(H,11,12,13);7H,1-6H3/q;;;;;;;;;+1. The average molecular weight is 1900 g/mol. The quantitative estimate of drug-likeness (QED) is 0.142. The fraction of sp³-hybridized carbons (Fsp3) is 0.772. The second-order valence-corrected chi connectivity index (χ2v) is 59.9. The Labute approximate surface area is 833 Å². The van der Waals surface area contributed by atoms with Gasteiger partial charge in [0, 0.05) is 135 Å². The van der Waals surface area contributed by atoms with Gasteiger partial charge in [-0.25, -0.2) is 39.6 Å². The van der Waals surface area contributed by atoms with Crippen molar-refractivity contribution in [1.29, 1.82) is 0 Å². The number of likely N-dealkylation sites (tertiary alicyclic amines) is 1. The first-order valence-corrected chi connectivity index (χ1v) is 51.5. The number of hydrogen-bond donors (Lipinski definition) is 1. The summed E-state index contributed by atoms with van der Waals surface area (Å²) in [5.74, 6) is 5.44. The third-order valence-corrected chi connectivity index (χ3v) is 26.5. The van der Waals surface area contributed by atoms with Crippen molar-refractivity contribution in [2.24, 2.45) is 11.3 Å². The molecule has 10 rings (SSSR count). The van der Waals surface area contributed by atoms with Crippen LogP contribution in [-0.2, 0) is 87.0 Å². The lowest BCUT2D eigenvalue weighted by molar-refractivity contribution is -0.694. The summed E-state index contributed by atoms with van der Waals surface area (Å²) in [5.41, 5.74) is 9.86. The van der Waals surface area contributed by atoms with Crippen molar-refractivity contribution in [2.45, 2.75) is 525 Å². The Kier molecular flexibility index (Phi) is 43.8. The highest BCUT2D eigenvalue weighted by Crippen LogP contribution is 2.38. The highest BCUT2D eigenvalue weighted by molar-refractivity contribution is 7.11. The highest BCUT2D eigenvalue weighted by Gasteiger charge is 2.38. The molecule has 2 saturated heterocycles. The van der Waals surface area contributed by atoms with Crippen LogP contribution in [0.15, 0.2) is 80.2 Å². The van der Waals surface area contributed by atoms with Crippen LogP contribution in [-0.4, -0.2) is 140 Å². The Morgan fingerprint density at radius 1 is 0.306 bits per heavy atom. The van der Waals surface area contributed by atoms with Gasteiger partial charge in [-0.05, 0) is 209 Å². The fourth-order valence-corrected chi connectivity index (χ4v) is 14.6. The van der Waals surface area contributed by atoms with Crippen molar-refractivity contribution < 1.29 is 3.96 Å². The Bertz CT molecular complexity index is 3850. The van der Waals surface area contributed by atoms with Crippen molar-refractivity contribution in [2.75, 3.05) is 39.3 Å². The molecule has 1 atom stereocenters. The first-order chi connectivity index (χ1) is 59.1. The number of rotatable bonds is 0. The number of piperazine rings is 1. The number of H-pyrrole nitrogens is 1. The number of nitrogens with zero attached hydrogens (tertiary/aromatic N) is 17. The summed E-state index contributed by atoms with van der Waals surface area (Å²) in [5, 5.41) is 18.7. The van der Waals surface area contributed by atoms with Gasteiger partial charge in [0.2, 0.25) is 5.01 Å². The summed E-state index contributed by atoms with van der Waals surface area (Å²) < 4.78 is 6.13. The van der Waals surface area contributed by atoms with Crippen LogP contribution in [0, 0.1) is 11.3 Å². The molecule has 18 nitrogen and oxygen atoms in total. The zero-order valence-electron chi connectivity index (χ0n) is 98.5. The maximum atomic E-state index is 4.57. The molecule has 0 amide bonds. The maximum absolute atomic E-state index is 4.57. The van der Waals surface area contributed by atoms with Gasteiger partial charge in [-0.3, -0.25) is 24.5 Å². The number of aromatic amines is 1. The monoisotopic (exact) mass is 1890 g/mol. The molecule has 0 bridgehead atoms. The van der Waals surface area contributed by atoms with E-state index in [1.54, 1.807) is 17.9 Å². The summed E-state index contributed by atoms with van der Waals surface area (Å²) in [6.07, 6.45) is 16.9. The second kappa shape index (κ2) is 46.6. The molecule has 2 aliphatic rings. The number of thiazole rings is 1. The van der Waals surface area contributed by atoms with E-state index >= 15 is 0 Å². The van der Waals surface area contributed by atoms with E-state index in [-0.39, 0.29) is 87.0 Å². The van der Waals surface area contributed by atoms with E-state index in [1.165, 1.54) is 82.8 Å². The SMILES string of the molecule is CC(C)(C)C1CCN(C(C)(C)C)C1.CC(C)(C)N1CCN(C(C)(C)C)CC1.CC(C)(C)c1ccc(C(C)(C)C)cc1.CC(C)(C)c1ccn(C(C)(C)C)n1.CC(C)(C)c1cnc(C(C)(C)C)nc1.CC(C)(C)c1cnc(C(C)(C)C)nc1.CC(C)(C)c1cnc(C(C)(C)C)s1.CC(C)(C)c1n[nH]c(C(C)(C)C)n1.CC(C)(C)c1nc[n+](C(C)(C)C)s1.CC(C)(C)c1ncn(C(C)(C)C)n1. The predicted molar refractivity (Wildman–Crippen MR) is 583 cm³/mol. The second-order valence-electron chi connectivity index (χ2n) is 57.9. The first kappa shape index (κ1) is 126. The van der Waals surface area contributed by atoms with Crippen molar-refractivity contribution in [1.82, 2.24) is 84.3 Å². The Morgan fingerprint density at radius 2 is 0.664 bits per heavy atom. The molecule has 134 heavy (non-hydrogen) atoms. The van der Waals surface area contributed by atoms with Gasteiger partial charge in [0.25, 0.3) is 6.33 Å². The van der Waals surface area contributed by atoms with Crippen molar-refractivity contribution in [3.8, 4) is 0 Å². The van der Waals surface area contributed by atoms with Crippen LogP contribution in [0.3, 0.4) is 0 Å². The lowest BCUT2D eigenvalue weighted by atomic mass is 9.80. The van der Waals surface area contributed by atoms with Crippen LogP contribution < -0.4 is 3.96 Å². The third kappa shape index (κ3) is 45.5. The van der Waals surface area contributed by atoms with Crippen molar-refractivity contribution in [3.05, 3.63) is 152 Å². The molecule has 2 fully saturated rings. The summed E-state index contributed by atoms with van der Waals surface area (Å²) in [6.45, 7) is 139. The molecule has 9 heterocycles. The number of aromatic nitrogens is 15. The highest BCUT2D eigenvalue weighted by atomic mass is 32.1. The van der Waals surface area contributed by atoms with Gasteiger partial charge in [0.15, 0.2) is 11.6 Å².